The number of carbonyl (C=O) groups is 2. The van der Waals surface area contributed by atoms with E-state index < -0.39 is 6.04 Å². The van der Waals surface area contributed by atoms with E-state index in [4.69, 9.17) is 16.3 Å². The number of halogens is 1. The Labute approximate surface area is 173 Å². The summed E-state index contributed by atoms with van der Waals surface area (Å²) < 4.78 is 5.47. The zero-order valence-corrected chi connectivity index (χ0v) is 16.7. The summed E-state index contributed by atoms with van der Waals surface area (Å²) >= 11 is 5.93. The monoisotopic (exact) mass is 416 g/mol. The molecular weight excluding hydrogens is 396 g/mol. The van der Waals surface area contributed by atoms with Crippen molar-refractivity contribution in [1.82, 2.24) is 24.8 Å². The molecule has 0 radical (unpaired) electrons. The summed E-state index contributed by atoms with van der Waals surface area (Å²) in [6.45, 7) is 3.10. The Hall–Kier alpha value is -2.78. The number of amides is 2. The van der Waals surface area contributed by atoms with Gasteiger partial charge in [0.2, 0.25) is 0 Å². The summed E-state index contributed by atoms with van der Waals surface area (Å²) in [5.41, 5.74) is 0.851. The molecule has 1 saturated heterocycles. The molecule has 0 aliphatic carbocycles. The average molecular weight is 417 g/mol. The topological polar surface area (TPSA) is 91.8 Å². The van der Waals surface area contributed by atoms with Crippen LogP contribution in [0.3, 0.4) is 0 Å². The molecule has 0 bridgehead atoms. The van der Waals surface area contributed by atoms with Crippen molar-refractivity contribution in [2.45, 2.75) is 12.5 Å². The van der Waals surface area contributed by atoms with E-state index >= 15 is 0 Å². The third-order valence-electron chi connectivity index (χ3n) is 5.11. The number of nitrogens with zero attached hydrogens (tertiary/aromatic N) is 6. The second-order valence-corrected chi connectivity index (χ2v) is 7.45. The van der Waals surface area contributed by atoms with E-state index in [1.807, 2.05) is 7.05 Å². The number of rotatable bonds is 4. The first kappa shape index (κ1) is 19.5. The third-order valence-corrected chi connectivity index (χ3v) is 5.34. The molecular formula is C19H21ClN6O3. The predicted molar refractivity (Wildman–Crippen MR) is 106 cm³/mol. The van der Waals surface area contributed by atoms with Crippen LogP contribution in [0.25, 0.3) is 0 Å². The molecule has 2 aliphatic heterocycles. The molecule has 1 atom stereocenters. The molecule has 29 heavy (non-hydrogen) atoms. The van der Waals surface area contributed by atoms with Gasteiger partial charge in [-0.15, -0.1) is 0 Å². The molecule has 1 fully saturated rings. The van der Waals surface area contributed by atoms with Crippen molar-refractivity contribution in [3.63, 3.8) is 0 Å². The van der Waals surface area contributed by atoms with E-state index in [1.54, 1.807) is 23.2 Å². The fourth-order valence-electron chi connectivity index (χ4n) is 3.51. The number of anilines is 1. The van der Waals surface area contributed by atoms with Gasteiger partial charge < -0.3 is 14.5 Å². The van der Waals surface area contributed by atoms with Gasteiger partial charge in [0, 0.05) is 51.2 Å². The van der Waals surface area contributed by atoms with E-state index in [0.29, 0.717) is 41.7 Å². The molecule has 2 aliphatic rings. The summed E-state index contributed by atoms with van der Waals surface area (Å²) in [7, 11) is 2.03. The van der Waals surface area contributed by atoms with Crippen LogP contribution in [0.1, 0.15) is 28.6 Å². The van der Waals surface area contributed by atoms with Crippen LogP contribution in [0.15, 0.2) is 30.7 Å². The Kier molecular flexibility index (Phi) is 5.59. The second-order valence-electron chi connectivity index (χ2n) is 7.01. The molecule has 2 aromatic heterocycles. The standard InChI is InChI=1S/C19H21ClN6O3/c1-24-7-9-25(10-8-24)19(28)29-11-4-14-16-17(22-6-5-21-16)18(27)26(14)15-3-2-13(20)12-23-15/h2-3,5-6,12,14H,4,7-11H2,1H3. The largest absolute Gasteiger partial charge is 0.449 e. The fourth-order valence-corrected chi connectivity index (χ4v) is 3.63. The van der Waals surface area contributed by atoms with Gasteiger partial charge in [0.1, 0.15) is 5.82 Å². The van der Waals surface area contributed by atoms with Crippen molar-refractivity contribution < 1.29 is 14.3 Å². The highest BCUT2D eigenvalue weighted by Crippen LogP contribution is 2.36. The summed E-state index contributed by atoms with van der Waals surface area (Å²) in [6.07, 6.45) is 4.58. The molecule has 4 rings (SSSR count). The summed E-state index contributed by atoms with van der Waals surface area (Å²) in [5, 5.41) is 0.479. The summed E-state index contributed by atoms with van der Waals surface area (Å²) in [5.74, 6) is 0.174. The number of hydrogen-bond acceptors (Lipinski definition) is 7. The SMILES string of the molecule is CN1CCN(C(=O)OCCC2c3nccnc3C(=O)N2c2ccc(Cl)cn2)CC1. The average Bonchev–Trinajstić information content (AvgIpc) is 3.01. The van der Waals surface area contributed by atoms with Crippen molar-refractivity contribution in [1.29, 1.82) is 0 Å². The zero-order chi connectivity index (χ0) is 20.4. The Bertz CT molecular complexity index is 901. The zero-order valence-electron chi connectivity index (χ0n) is 16.0. The normalized spacial score (nSPS) is 19.4. The van der Waals surface area contributed by atoms with Crippen LogP contribution in [0, 0.1) is 0 Å². The first-order chi connectivity index (χ1) is 14.0. The van der Waals surface area contributed by atoms with E-state index in [2.05, 4.69) is 19.9 Å². The van der Waals surface area contributed by atoms with Crippen LogP contribution in [0.4, 0.5) is 10.6 Å². The van der Waals surface area contributed by atoms with Gasteiger partial charge in [0.15, 0.2) is 5.69 Å². The van der Waals surface area contributed by atoms with Crippen molar-refractivity contribution in [2.75, 3.05) is 44.7 Å². The number of piperazine rings is 1. The third kappa shape index (κ3) is 4.01. The molecule has 0 saturated carbocycles. The lowest BCUT2D eigenvalue weighted by Gasteiger charge is -2.31. The van der Waals surface area contributed by atoms with Crippen LogP contribution >= 0.6 is 11.6 Å². The number of pyridine rings is 1. The summed E-state index contributed by atoms with van der Waals surface area (Å²) in [4.78, 5) is 43.4. The molecule has 152 valence electrons. The van der Waals surface area contributed by atoms with Crippen LogP contribution in [-0.4, -0.2) is 76.6 Å². The molecule has 2 aromatic rings. The maximum Gasteiger partial charge on any atom is 0.409 e. The van der Waals surface area contributed by atoms with Crippen molar-refractivity contribution in [3.8, 4) is 0 Å². The molecule has 0 aromatic carbocycles. The van der Waals surface area contributed by atoms with E-state index in [0.717, 1.165) is 13.1 Å². The first-order valence-corrected chi connectivity index (χ1v) is 9.78. The van der Waals surface area contributed by atoms with Gasteiger partial charge in [0.05, 0.1) is 23.4 Å². The van der Waals surface area contributed by atoms with Crippen molar-refractivity contribution in [3.05, 3.63) is 47.1 Å². The lowest BCUT2D eigenvalue weighted by molar-refractivity contribution is 0.0794. The molecule has 10 heteroatoms. The van der Waals surface area contributed by atoms with Crippen molar-refractivity contribution in [2.24, 2.45) is 0 Å². The first-order valence-electron chi connectivity index (χ1n) is 9.41. The van der Waals surface area contributed by atoms with Crippen LogP contribution < -0.4 is 4.90 Å². The van der Waals surface area contributed by atoms with E-state index in [9.17, 15) is 9.59 Å². The maximum absolute atomic E-state index is 12.9. The smallest absolute Gasteiger partial charge is 0.409 e. The molecule has 0 spiro atoms. The fraction of sp³-hybridized carbons (Fsp3) is 0.421. The highest BCUT2D eigenvalue weighted by Gasteiger charge is 2.40. The number of fused-ring (bicyclic) bond motifs is 1. The Morgan fingerprint density at radius 1 is 1.17 bits per heavy atom. The Morgan fingerprint density at radius 2 is 1.93 bits per heavy atom. The Balaban J connectivity index is 1.47. The van der Waals surface area contributed by atoms with Gasteiger partial charge in [0.25, 0.3) is 5.91 Å². The number of aromatic nitrogens is 3. The van der Waals surface area contributed by atoms with Gasteiger partial charge in [-0.1, -0.05) is 11.6 Å². The lowest BCUT2D eigenvalue weighted by atomic mass is 10.1. The minimum atomic E-state index is -0.417. The van der Waals surface area contributed by atoms with E-state index in [1.165, 1.54) is 17.3 Å². The molecule has 1 unspecified atom stereocenters. The number of ether oxygens (including phenoxy) is 1. The minimum Gasteiger partial charge on any atom is -0.449 e. The molecule has 0 N–H and O–H groups in total. The van der Waals surface area contributed by atoms with Crippen LogP contribution in [0.2, 0.25) is 5.02 Å². The highest BCUT2D eigenvalue weighted by atomic mass is 35.5. The van der Waals surface area contributed by atoms with Crippen molar-refractivity contribution >= 4 is 29.4 Å². The number of hydrogen-bond donors (Lipinski definition) is 0. The molecule has 4 heterocycles. The second kappa shape index (κ2) is 8.30. The molecule has 2 amide bonds. The lowest BCUT2D eigenvalue weighted by Crippen LogP contribution is -2.47. The van der Waals surface area contributed by atoms with Gasteiger partial charge >= 0.3 is 6.09 Å². The van der Waals surface area contributed by atoms with E-state index in [-0.39, 0.29) is 18.6 Å². The van der Waals surface area contributed by atoms with Crippen LogP contribution in [-0.2, 0) is 4.74 Å². The predicted octanol–water partition coefficient (Wildman–Crippen LogP) is 2.00. The van der Waals surface area contributed by atoms with Gasteiger partial charge in [-0.2, -0.15) is 0 Å². The Morgan fingerprint density at radius 3 is 2.66 bits per heavy atom. The number of likely N-dealkylation sites (N-methyl/N-ethyl adjacent to an activating group) is 1. The van der Waals surface area contributed by atoms with Gasteiger partial charge in [-0.05, 0) is 19.2 Å². The minimum absolute atomic E-state index is 0.156. The summed E-state index contributed by atoms with van der Waals surface area (Å²) in [6, 6.07) is 2.93. The van der Waals surface area contributed by atoms with Crippen LogP contribution in [0.5, 0.6) is 0 Å². The van der Waals surface area contributed by atoms with Gasteiger partial charge in [-0.25, -0.2) is 14.8 Å². The highest BCUT2D eigenvalue weighted by molar-refractivity contribution is 6.30. The maximum atomic E-state index is 12.9. The number of carbonyl (C=O) groups excluding carboxylic acids is 2. The molecule has 9 nitrogen and oxygen atoms in total. The quantitative estimate of drug-likeness (QED) is 0.752. The van der Waals surface area contributed by atoms with Gasteiger partial charge in [-0.3, -0.25) is 14.7 Å².